The van der Waals surface area contributed by atoms with Gasteiger partial charge in [-0.3, -0.25) is 0 Å². The molecule has 1 heterocycles. The number of sulfonamides is 1. The van der Waals surface area contributed by atoms with Gasteiger partial charge in [0.2, 0.25) is 10.0 Å². The van der Waals surface area contributed by atoms with Gasteiger partial charge in [0.1, 0.15) is 33.9 Å². The van der Waals surface area contributed by atoms with Crippen LogP contribution in [0.5, 0.6) is 11.5 Å². The number of benzene rings is 1. The maximum Gasteiger partial charge on any atom is 0.244 e. The molecule has 1 aromatic carbocycles. The SMILES string of the molecule is CCNc1cc(NCCNS(=O)(=O)c2ccc(OCC)cc2OCC)nc(C)n1. The fourth-order valence-corrected chi connectivity index (χ4v) is 3.77. The number of anilines is 2. The average Bonchev–Trinajstić information content (AvgIpc) is 2.66. The van der Waals surface area contributed by atoms with Gasteiger partial charge < -0.3 is 20.1 Å². The van der Waals surface area contributed by atoms with Gasteiger partial charge in [0.15, 0.2) is 0 Å². The molecular weight excluding hydrogens is 394 g/mol. The predicted molar refractivity (Wildman–Crippen MR) is 113 cm³/mol. The molecule has 0 bridgehead atoms. The van der Waals surface area contributed by atoms with Crippen molar-refractivity contribution < 1.29 is 17.9 Å². The maximum absolute atomic E-state index is 12.7. The molecule has 0 atom stereocenters. The van der Waals surface area contributed by atoms with Gasteiger partial charge in [-0.15, -0.1) is 0 Å². The molecular formula is C19H29N5O4S. The zero-order valence-corrected chi connectivity index (χ0v) is 18.1. The molecule has 160 valence electrons. The van der Waals surface area contributed by atoms with Crippen LogP contribution < -0.4 is 24.8 Å². The monoisotopic (exact) mass is 423 g/mol. The van der Waals surface area contributed by atoms with Crippen molar-refractivity contribution in [3.05, 3.63) is 30.1 Å². The van der Waals surface area contributed by atoms with Crippen LogP contribution in [0, 0.1) is 6.92 Å². The largest absolute Gasteiger partial charge is 0.494 e. The molecule has 3 N–H and O–H groups in total. The molecule has 0 aliphatic heterocycles. The molecule has 0 amide bonds. The first kappa shape index (κ1) is 22.7. The Hall–Kier alpha value is -2.59. The number of ether oxygens (including phenoxy) is 2. The fourth-order valence-electron chi connectivity index (χ4n) is 2.62. The van der Waals surface area contributed by atoms with Gasteiger partial charge >= 0.3 is 0 Å². The summed E-state index contributed by atoms with van der Waals surface area (Å²) in [4.78, 5) is 8.66. The molecule has 0 fully saturated rings. The minimum Gasteiger partial charge on any atom is -0.494 e. The summed E-state index contributed by atoms with van der Waals surface area (Å²) >= 11 is 0. The van der Waals surface area contributed by atoms with Gasteiger partial charge in [0, 0.05) is 31.8 Å². The van der Waals surface area contributed by atoms with E-state index in [1.807, 2.05) is 13.8 Å². The first-order valence-electron chi connectivity index (χ1n) is 9.62. The van der Waals surface area contributed by atoms with Gasteiger partial charge in [-0.2, -0.15) is 0 Å². The summed E-state index contributed by atoms with van der Waals surface area (Å²) in [5, 5.41) is 6.23. The minimum atomic E-state index is -3.74. The van der Waals surface area contributed by atoms with Crippen LogP contribution in [-0.2, 0) is 10.0 Å². The van der Waals surface area contributed by atoms with Crippen LogP contribution in [0.15, 0.2) is 29.2 Å². The number of nitrogens with zero attached hydrogens (tertiary/aromatic N) is 2. The normalized spacial score (nSPS) is 11.2. The Morgan fingerprint density at radius 3 is 2.28 bits per heavy atom. The van der Waals surface area contributed by atoms with Crippen molar-refractivity contribution in [3.63, 3.8) is 0 Å². The van der Waals surface area contributed by atoms with Crippen LogP contribution in [0.3, 0.4) is 0 Å². The van der Waals surface area contributed by atoms with E-state index in [4.69, 9.17) is 9.47 Å². The average molecular weight is 424 g/mol. The van der Waals surface area contributed by atoms with Crippen molar-refractivity contribution in [2.45, 2.75) is 32.6 Å². The second kappa shape index (κ2) is 10.8. The van der Waals surface area contributed by atoms with E-state index >= 15 is 0 Å². The lowest BCUT2D eigenvalue weighted by atomic mass is 10.3. The highest BCUT2D eigenvalue weighted by Crippen LogP contribution is 2.28. The van der Waals surface area contributed by atoms with Gasteiger partial charge in [-0.25, -0.2) is 23.1 Å². The van der Waals surface area contributed by atoms with Crippen molar-refractivity contribution in [2.75, 3.05) is 43.5 Å². The summed E-state index contributed by atoms with van der Waals surface area (Å²) in [6.45, 7) is 9.57. The second-order valence-electron chi connectivity index (χ2n) is 6.02. The van der Waals surface area contributed by atoms with E-state index in [0.717, 1.165) is 12.4 Å². The molecule has 0 spiro atoms. The predicted octanol–water partition coefficient (Wildman–Crippen LogP) is 2.40. The summed E-state index contributed by atoms with van der Waals surface area (Å²) in [5.41, 5.74) is 0. The zero-order valence-electron chi connectivity index (χ0n) is 17.3. The van der Waals surface area contributed by atoms with Crippen molar-refractivity contribution in [3.8, 4) is 11.5 Å². The highest BCUT2D eigenvalue weighted by Gasteiger charge is 2.20. The van der Waals surface area contributed by atoms with Crippen LogP contribution in [0.25, 0.3) is 0 Å². The van der Waals surface area contributed by atoms with Crippen LogP contribution in [0.1, 0.15) is 26.6 Å². The van der Waals surface area contributed by atoms with E-state index < -0.39 is 10.0 Å². The quantitative estimate of drug-likeness (QED) is 0.446. The molecule has 0 saturated heterocycles. The first-order valence-corrected chi connectivity index (χ1v) is 11.1. The first-order chi connectivity index (χ1) is 13.9. The molecule has 2 aromatic rings. The lowest BCUT2D eigenvalue weighted by Gasteiger charge is -2.14. The van der Waals surface area contributed by atoms with Crippen molar-refractivity contribution in [1.82, 2.24) is 14.7 Å². The van der Waals surface area contributed by atoms with E-state index in [-0.39, 0.29) is 17.2 Å². The van der Waals surface area contributed by atoms with Gasteiger partial charge in [0.25, 0.3) is 0 Å². The topological polar surface area (TPSA) is 114 Å². The number of hydrogen-bond acceptors (Lipinski definition) is 8. The molecule has 0 aliphatic carbocycles. The number of aryl methyl sites for hydroxylation is 1. The van der Waals surface area contributed by atoms with Crippen LogP contribution >= 0.6 is 0 Å². The number of nitrogens with one attached hydrogen (secondary N) is 3. The van der Waals surface area contributed by atoms with Crippen LogP contribution in [0.4, 0.5) is 11.6 Å². The lowest BCUT2D eigenvalue weighted by molar-refractivity contribution is 0.317. The molecule has 0 saturated carbocycles. The summed E-state index contributed by atoms with van der Waals surface area (Å²) in [6, 6.07) is 6.48. The summed E-state index contributed by atoms with van der Waals surface area (Å²) < 4.78 is 38.9. The Bertz CT molecular complexity index is 905. The number of rotatable bonds is 12. The van der Waals surface area contributed by atoms with Crippen LogP contribution in [-0.4, -0.2) is 51.2 Å². The number of hydrogen-bond donors (Lipinski definition) is 3. The Kier molecular flexibility index (Phi) is 8.47. The lowest BCUT2D eigenvalue weighted by Crippen LogP contribution is -2.29. The highest BCUT2D eigenvalue weighted by molar-refractivity contribution is 7.89. The van der Waals surface area contributed by atoms with Crippen LogP contribution in [0.2, 0.25) is 0 Å². The van der Waals surface area contributed by atoms with Crippen molar-refractivity contribution in [2.24, 2.45) is 0 Å². The fraction of sp³-hybridized carbons (Fsp3) is 0.474. The van der Waals surface area contributed by atoms with E-state index in [0.29, 0.717) is 37.2 Å². The van der Waals surface area contributed by atoms with Gasteiger partial charge in [0.05, 0.1) is 13.2 Å². The summed E-state index contributed by atoms with van der Waals surface area (Å²) in [6.07, 6.45) is 0. The molecule has 10 heteroatoms. The summed E-state index contributed by atoms with van der Waals surface area (Å²) in [7, 11) is -3.74. The molecule has 9 nitrogen and oxygen atoms in total. The molecule has 29 heavy (non-hydrogen) atoms. The maximum atomic E-state index is 12.7. The molecule has 0 unspecified atom stereocenters. The molecule has 0 radical (unpaired) electrons. The van der Waals surface area contributed by atoms with Gasteiger partial charge in [-0.1, -0.05) is 0 Å². The van der Waals surface area contributed by atoms with E-state index in [9.17, 15) is 8.42 Å². The van der Waals surface area contributed by atoms with Crippen molar-refractivity contribution >= 4 is 21.7 Å². The number of aromatic nitrogens is 2. The highest BCUT2D eigenvalue weighted by atomic mass is 32.2. The minimum absolute atomic E-state index is 0.0788. The third-order valence-corrected chi connectivity index (χ3v) is 5.24. The van der Waals surface area contributed by atoms with Gasteiger partial charge in [-0.05, 0) is 39.8 Å². The third kappa shape index (κ3) is 6.75. The smallest absolute Gasteiger partial charge is 0.244 e. The second-order valence-corrected chi connectivity index (χ2v) is 7.75. The standard InChI is InChI=1S/C19H29N5O4S/c1-5-20-18-13-19(24-14(4)23-18)21-10-11-22-29(25,26)17-9-8-15(27-6-2)12-16(17)28-7-3/h8-9,12-13,22H,5-7,10-11H2,1-4H3,(H2,20,21,23,24). The van der Waals surface area contributed by atoms with E-state index in [1.54, 1.807) is 32.0 Å². The molecule has 0 aliphatic rings. The Balaban J connectivity index is 2.01. The Morgan fingerprint density at radius 1 is 0.931 bits per heavy atom. The van der Waals surface area contributed by atoms with E-state index in [1.165, 1.54) is 6.07 Å². The molecule has 2 rings (SSSR count). The molecule has 1 aromatic heterocycles. The Labute approximate surface area is 172 Å². The van der Waals surface area contributed by atoms with Crippen molar-refractivity contribution in [1.29, 1.82) is 0 Å². The zero-order chi connectivity index (χ0) is 21.3. The van der Waals surface area contributed by atoms with E-state index in [2.05, 4.69) is 25.3 Å². The summed E-state index contributed by atoms with van der Waals surface area (Å²) in [5.74, 6) is 2.80. The Morgan fingerprint density at radius 2 is 1.62 bits per heavy atom. The third-order valence-electron chi connectivity index (χ3n) is 3.73.